The fourth-order valence-corrected chi connectivity index (χ4v) is 3.24. The number of ether oxygens (including phenoxy) is 2. The van der Waals surface area contributed by atoms with Crippen molar-refractivity contribution in [2.24, 2.45) is 0 Å². The van der Waals surface area contributed by atoms with E-state index in [4.69, 9.17) is 21.1 Å². The fraction of sp³-hybridized carbons (Fsp3) is 0.588. The number of hydrogen-bond donors (Lipinski definition) is 1. The van der Waals surface area contributed by atoms with Gasteiger partial charge >= 0.3 is 6.03 Å². The van der Waals surface area contributed by atoms with E-state index in [9.17, 15) is 4.79 Å². The molecule has 0 spiro atoms. The van der Waals surface area contributed by atoms with Gasteiger partial charge in [-0.05, 0) is 24.5 Å². The second kappa shape index (κ2) is 8.52. The summed E-state index contributed by atoms with van der Waals surface area (Å²) < 4.78 is 10.5. The molecule has 2 amide bonds. The van der Waals surface area contributed by atoms with Crippen LogP contribution in [0.5, 0.6) is 0 Å². The summed E-state index contributed by atoms with van der Waals surface area (Å²) in [6.07, 6.45) is 1.69. The summed E-state index contributed by atoms with van der Waals surface area (Å²) in [6, 6.07) is 7.77. The van der Waals surface area contributed by atoms with E-state index in [-0.39, 0.29) is 11.4 Å². The summed E-state index contributed by atoms with van der Waals surface area (Å²) in [4.78, 5) is 13.9. The monoisotopic (exact) mass is 340 g/mol. The Morgan fingerprint density at radius 3 is 2.74 bits per heavy atom. The van der Waals surface area contributed by atoms with Gasteiger partial charge in [-0.25, -0.2) is 4.79 Å². The van der Waals surface area contributed by atoms with Crippen LogP contribution in [-0.2, 0) is 14.9 Å². The predicted octanol–water partition coefficient (Wildman–Crippen LogP) is 2.68. The van der Waals surface area contributed by atoms with Crippen molar-refractivity contribution >= 4 is 17.6 Å². The molecule has 1 aliphatic heterocycles. The van der Waals surface area contributed by atoms with Gasteiger partial charge in [-0.1, -0.05) is 29.8 Å². The highest BCUT2D eigenvalue weighted by atomic mass is 35.5. The van der Waals surface area contributed by atoms with E-state index in [1.165, 1.54) is 0 Å². The molecule has 0 aromatic heterocycles. The molecule has 0 radical (unpaired) electrons. The van der Waals surface area contributed by atoms with E-state index in [0.29, 0.717) is 32.9 Å². The Bertz CT molecular complexity index is 518. The number of benzene rings is 1. The molecule has 0 bridgehead atoms. The van der Waals surface area contributed by atoms with Crippen LogP contribution >= 0.6 is 11.6 Å². The number of rotatable bonds is 6. The Labute approximate surface area is 142 Å². The van der Waals surface area contributed by atoms with Gasteiger partial charge in [0, 0.05) is 50.9 Å². The lowest BCUT2D eigenvalue weighted by Gasteiger charge is -2.38. The molecule has 1 fully saturated rings. The van der Waals surface area contributed by atoms with Crippen LogP contribution in [0.2, 0.25) is 5.02 Å². The van der Waals surface area contributed by atoms with Crippen molar-refractivity contribution in [3.63, 3.8) is 0 Å². The van der Waals surface area contributed by atoms with Crippen molar-refractivity contribution in [2.75, 3.05) is 47.1 Å². The van der Waals surface area contributed by atoms with Gasteiger partial charge in [-0.3, -0.25) is 0 Å². The second-order valence-electron chi connectivity index (χ2n) is 5.95. The summed E-state index contributed by atoms with van der Waals surface area (Å²) in [5.41, 5.74) is 0.916. The SMILES string of the molecule is COCCN(C)C(=O)NCC1(c2ccccc2Cl)CCOCC1. The molecule has 2 rings (SSSR count). The Morgan fingerprint density at radius 2 is 2.09 bits per heavy atom. The number of carbonyl (C=O) groups is 1. The Hall–Kier alpha value is -1.30. The molecule has 1 saturated heterocycles. The zero-order valence-corrected chi connectivity index (χ0v) is 14.6. The minimum atomic E-state index is -0.172. The first kappa shape index (κ1) is 18.0. The number of nitrogens with one attached hydrogen (secondary N) is 1. The molecule has 5 nitrogen and oxygen atoms in total. The number of carbonyl (C=O) groups excluding carboxylic acids is 1. The highest BCUT2D eigenvalue weighted by molar-refractivity contribution is 6.31. The lowest BCUT2D eigenvalue weighted by Crippen LogP contribution is -2.48. The molecule has 0 atom stereocenters. The molecule has 1 aromatic rings. The van der Waals surface area contributed by atoms with Gasteiger partial charge < -0.3 is 19.7 Å². The van der Waals surface area contributed by atoms with Crippen LogP contribution in [-0.4, -0.2) is 58.0 Å². The molecule has 0 unspecified atom stereocenters. The van der Waals surface area contributed by atoms with Crippen LogP contribution in [0, 0.1) is 0 Å². The number of nitrogens with zero attached hydrogens (tertiary/aromatic N) is 1. The molecule has 0 saturated carbocycles. The maximum Gasteiger partial charge on any atom is 0.317 e. The molecule has 0 aliphatic carbocycles. The van der Waals surface area contributed by atoms with Crippen molar-refractivity contribution in [2.45, 2.75) is 18.3 Å². The lowest BCUT2D eigenvalue weighted by atomic mass is 9.74. The van der Waals surface area contributed by atoms with Crippen molar-refractivity contribution in [3.05, 3.63) is 34.9 Å². The van der Waals surface area contributed by atoms with Gasteiger partial charge in [0.15, 0.2) is 0 Å². The molecule has 6 heteroatoms. The largest absolute Gasteiger partial charge is 0.383 e. The van der Waals surface area contributed by atoms with Gasteiger partial charge in [0.1, 0.15) is 0 Å². The van der Waals surface area contributed by atoms with Crippen LogP contribution in [0.4, 0.5) is 4.79 Å². The predicted molar refractivity (Wildman–Crippen MR) is 91.1 cm³/mol. The smallest absolute Gasteiger partial charge is 0.317 e. The summed E-state index contributed by atoms with van der Waals surface area (Å²) >= 11 is 6.41. The van der Waals surface area contributed by atoms with E-state index < -0.39 is 0 Å². The number of urea groups is 1. The van der Waals surface area contributed by atoms with Crippen LogP contribution in [0.1, 0.15) is 18.4 Å². The third kappa shape index (κ3) is 4.59. The van der Waals surface area contributed by atoms with Crippen LogP contribution < -0.4 is 5.32 Å². The summed E-state index contributed by atoms with van der Waals surface area (Å²) in [7, 11) is 3.39. The standard InChI is InChI=1S/C17H25ClN2O3/c1-20(9-12-22-2)16(21)19-13-17(7-10-23-11-8-17)14-5-3-4-6-15(14)18/h3-6H,7-13H2,1-2H3,(H,19,21). The third-order valence-electron chi connectivity index (χ3n) is 4.45. The molecule has 1 aliphatic rings. The normalized spacial score (nSPS) is 16.8. The van der Waals surface area contributed by atoms with Gasteiger partial charge in [-0.2, -0.15) is 0 Å². The first-order valence-corrected chi connectivity index (χ1v) is 8.27. The molecule has 23 heavy (non-hydrogen) atoms. The summed E-state index contributed by atoms with van der Waals surface area (Å²) in [6.45, 7) is 3.00. The molecule has 128 valence electrons. The highest BCUT2D eigenvalue weighted by Crippen LogP contribution is 2.38. The van der Waals surface area contributed by atoms with E-state index in [1.54, 1.807) is 19.1 Å². The average Bonchev–Trinajstić information content (AvgIpc) is 2.58. The van der Waals surface area contributed by atoms with Gasteiger partial charge in [0.2, 0.25) is 0 Å². The first-order chi connectivity index (χ1) is 11.1. The maximum absolute atomic E-state index is 12.2. The minimum absolute atomic E-state index is 0.0972. The molecular formula is C17H25ClN2O3. The van der Waals surface area contributed by atoms with Crippen molar-refractivity contribution in [1.82, 2.24) is 10.2 Å². The third-order valence-corrected chi connectivity index (χ3v) is 4.78. The highest BCUT2D eigenvalue weighted by Gasteiger charge is 2.36. The molecule has 1 aromatic carbocycles. The maximum atomic E-state index is 12.2. The number of halogens is 1. The van der Waals surface area contributed by atoms with Gasteiger partial charge in [0.05, 0.1) is 6.61 Å². The van der Waals surface area contributed by atoms with E-state index >= 15 is 0 Å². The summed E-state index contributed by atoms with van der Waals surface area (Å²) in [5, 5.41) is 3.79. The van der Waals surface area contributed by atoms with Gasteiger partial charge in [-0.15, -0.1) is 0 Å². The first-order valence-electron chi connectivity index (χ1n) is 7.90. The minimum Gasteiger partial charge on any atom is -0.383 e. The topological polar surface area (TPSA) is 50.8 Å². The molecular weight excluding hydrogens is 316 g/mol. The quantitative estimate of drug-likeness (QED) is 0.866. The zero-order valence-electron chi connectivity index (χ0n) is 13.8. The van der Waals surface area contributed by atoms with Gasteiger partial charge in [0.25, 0.3) is 0 Å². The van der Waals surface area contributed by atoms with E-state index in [0.717, 1.165) is 23.4 Å². The van der Waals surface area contributed by atoms with Crippen LogP contribution in [0.25, 0.3) is 0 Å². The number of likely N-dealkylation sites (N-methyl/N-ethyl adjacent to an activating group) is 1. The van der Waals surface area contributed by atoms with E-state index in [2.05, 4.69) is 11.4 Å². The number of amides is 2. The fourth-order valence-electron chi connectivity index (χ4n) is 2.90. The number of hydrogen-bond acceptors (Lipinski definition) is 3. The Kier molecular flexibility index (Phi) is 6.69. The zero-order chi connectivity index (χ0) is 16.7. The Morgan fingerprint density at radius 1 is 1.39 bits per heavy atom. The average molecular weight is 341 g/mol. The van der Waals surface area contributed by atoms with Crippen molar-refractivity contribution < 1.29 is 14.3 Å². The van der Waals surface area contributed by atoms with Crippen molar-refractivity contribution in [3.8, 4) is 0 Å². The molecule has 1 N–H and O–H groups in total. The van der Waals surface area contributed by atoms with Crippen LogP contribution in [0.3, 0.4) is 0 Å². The lowest BCUT2D eigenvalue weighted by molar-refractivity contribution is 0.0501. The van der Waals surface area contributed by atoms with E-state index in [1.807, 2.05) is 18.2 Å². The van der Waals surface area contributed by atoms with Crippen molar-refractivity contribution in [1.29, 1.82) is 0 Å². The van der Waals surface area contributed by atoms with Crippen LogP contribution in [0.15, 0.2) is 24.3 Å². The number of methoxy groups -OCH3 is 1. The second-order valence-corrected chi connectivity index (χ2v) is 6.35. The summed E-state index contributed by atoms with van der Waals surface area (Å²) in [5.74, 6) is 0. The Balaban J connectivity index is 2.08. The molecule has 1 heterocycles.